The van der Waals surface area contributed by atoms with Crippen molar-refractivity contribution in [1.29, 1.82) is 0 Å². The second-order valence-electron chi connectivity index (χ2n) is 5.69. The molecule has 1 fully saturated rings. The van der Waals surface area contributed by atoms with E-state index in [9.17, 15) is 0 Å². The first-order valence-corrected chi connectivity index (χ1v) is 7.74. The van der Waals surface area contributed by atoms with Gasteiger partial charge in [0.25, 0.3) is 0 Å². The van der Waals surface area contributed by atoms with Gasteiger partial charge in [-0.05, 0) is 30.5 Å². The average Bonchev–Trinajstić information content (AvgIpc) is 3.19. The van der Waals surface area contributed by atoms with E-state index in [1.807, 2.05) is 12.5 Å². The van der Waals surface area contributed by atoms with Crippen molar-refractivity contribution in [2.24, 2.45) is 0 Å². The van der Waals surface area contributed by atoms with Crippen LogP contribution >= 0.6 is 0 Å². The summed E-state index contributed by atoms with van der Waals surface area (Å²) in [6.45, 7) is 8.35. The molecule has 2 aromatic rings. The van der Waals surface area contributed by atoms with Crippen molar-refractivity contribution in [3.8, 4) is 0 Å². The minimum absolute atomic E-state index is 0.193. The van der Waals surface area contributed by atoms with Crippen LogP contribution in [0, 0.1) is 13.8 Å². The molecule has 22 heavy (non-hydrogen) atoms. The summed E-state index contributed by atoms with van der Waals surface area (Å²) >= 11 is 0. The van der Waals surface area contributed by atoms with E-state index < -0.39 is 0 Å². The Morgan fingerprint density at radius 3 is 2.77 bits per heavy atom. The molecule has 0 spiro atoms. The molecular formula is C17H23N3O2. The van der Waals surface area contributed by atoms with Gasteiger partial charge in [-0.25, -0.2) is 4.98 Å². The third-order valence-corrected chi connectivity index (χ3v) is 4.02. The highest BCUT2D eigenvalue weighted by molar-refractivity contribution is 5.38. The van der Waals surface area contributed by atoms with Crippen molar-refractivity contribution in [3.63, 3.8) is 0 Å². The van der Waals surface area contributed by atoms with Crippen molar-refractivity contribution < 1.29 is 9.47 Å². The summed E-state index contributed by atoms with van der Waals surface area (Å²) in [5, 5.41) is 3.49. The SMILES string of the molecule is Cc1cc(C2OCCO2)c(C)cc1CNCCn1ccnc1. The highest BCUT2D eigenvalue weighted by Gasteiger charge is 2.20. The van der Waals surface area contributed by atoms with Gasteiger partial charge in [-0.3, -0.25) is 0 Å². The topological polar surface area (TPSA) is 48.3 Å². The maximum absolute atomic E-state index is 5.61. The van der Waals surface area contributed by atoms with E-state index in [0.717, 1.165) is 25.2 Å². The Hall–Kier alpha value is -1.69. The largest absolute Gasteiger partial charge is 0.346 e. The van der Waals surface area contributed by atoms with Crippen LogP contribution in [-0.2, 0) is 22.6 Å². The number of ether oxygens (including phenoxy) is 2. The summed E-state index contributed by atoms with van der Waals surface area (Å²) in [6.07, 6.45) is 5.43. The number of hydrogen-bond donors (Lipinski definition) is 1. The number of imidazole rings is 1. The molecule has 1 aliphatic heterocycles. The molecule has 3 rings (SSSR count). The Kier molecular flexibility index (Phi) is 4.87. The molecule has 2 heterocycles. The van der Waals surface area contributed by atoms with Crippen molar-refractivity contribution in [2.45, 2.75) is 33.2 Å². The first-order valence-electron chi connectivity index (χ1n) is 7.74. The zero-order valence-corrected chi connectivity index (χ0v) is 13.2. The zero-order valence-electron chi connectivity index (χ0n) is 13.2. The fourth-order valence-electron chi connectivity index (χ4n) is 2.73. The van der Waals surface area contributed by atoms with Gasteiger partial charge in [0, 0.05) is 37.6 Å². The highest BCUT2D eigenvalue weighted by atomic mass is 16.7. The first-order chi connectivity index (χ1) is 10.7. The summed E-state index contributed by atoms with van der Waals surface area (Å²) in [7, 11) is 0. The van der Waals surface area contributed by atoms with Crippen molar-refractivity contribution in [2.75, 3.05) is 19.8 Å². The minimum Gasteiger partial charge on any atom is -0.346 e. The Balaban J connectivity index is 1.58. The zero-order chi connectivity index (χ0) is 15.4. The number of nitrogens with one attached hydrogen (secondary N) is 1. The van der Waals surface area contributed by atoms with E-state index in [1.165, 1.54) is 16.7 Å². The smallest absolute Gasteiger partial charge is 0.184 e. The van der Waals surface area contributed by atoms with E-state index in [4.69, 9.17) is 9.47 Å². The number of aromatic nitrogens is 2. The maximum Gasteiger partial charge on any atom is 0.184 e. The van der Waals surface area contributed by atoms with Gasteiger partial charge >= 0.3 is 0 Å². The van der Waals surface area contributed by atoms with E-state index in [2.05, 4.69) is 40.8 Å². The van der Waals surface area contributed by atoms with E-state index in [-0.39, 0.29) is 6.29 Å². The quantitative estimate of drug-likeness (QED) is 0.832. The molecule has 1 aliphatic rings. The molecule has 118 valence electrons. The van der Waals surface area contributed by atoms with Crippen molar-refractivity contribution >= 4 is 0 Å². The van der Waals surface area contributed by atoms with Gasteiger partial charge in [0.1, 0.15) is 0 Å². The molecule has 1 N–H and O–H groups in total. The van der Waals surface area contributed by atoms with Crippen LogP contribution in [0.5, 0.6) is 0 Å². The Labute approximate surface area is 131 Å². The van der Waals surface area contributed by atoms with Crippen LogP contribution in [0.3, 0.4) is 0 Å². The standard InChI is InChI=1S/C17H23N3O2/c1-13-10-16(17-21-7-8-22-17)14(2)9-15(13)11-18-3-5-20-6-4-19-12-20/h4,6,9-10,12,17-18H,3,5,7-8,11H2,1-2H3. The van der Waals surface area contributed by atoms with Gasteiger partial charge in [-0.15, -0.1) is 0 Å². The van der Waals surface area contributed by atoms with Gasteiger partial charge in [-0.1, -0.05) is 12.1 Å². The lowest BCUT2D eigenvalue weighted by Gasteiger charge is -2.16. The fraction of sp³-hybridized carbons (Fsp3) is 0.471. The van der Waals surface area contributed by atoms with Crippen molar-refractivity contribution in [1.82, 2.24) is 14.9 Å². The first kappa shape index (κ1) is 15.2. The van der Waals surface area contributed by atoms with Crippen LogP contribution in [0.2, 0.25) is 0 Å². The summed E-state index contributed by atoms with van der Waals surface area (Å²) in [6, 6.07) is 4.43. The molecule has 1 saturated heterocycles. The normalized spacial score (nSPS) is 15.5. The molecule has 0 unspecified atom stereocenters. The lowest BCUT2D eigenvalue weighted by molar-refractivity contribution is -0.0445. The third-order valence-electron chi connectivity index (χ3n) is 4.02. The van der Waals surface area contributed by atoms with E-state index >= 15 is 0 Å². The molecule has 0 saturated carbocycles. The number of aryl methyl sites for hydroxylation is 2. The lowest BCUT2D eigenvalue weighted by Crippen LogP contribution is -2.19. The summed E-state index contributed by atoms with van der Waals surface area (Å²) < 4.78 is 13.3. The van der Waals surface area contributed by atoms with Crippen LogP contribution in [-0.4, -0.2) is 29.3 Å². The molecule has 1 aromatic carbocycles. The second-order valence-corrected chi connectivity index (χ2v) is 5.69. The Morgan fingerprint density at radius 1 is 1.23 bits per heavy atom. The van der Waals surface area contributed by atoms with Crippen molar-refractivity contribution in [3.05, 3.63) is 53.1 Å². The van der Waals surface area contributed by atoms with Gasteiger partial charge in [-0.2, -0.15) is 0 Å². The number of hydrogen-bond acceptors (Lipinski definition) is 4. The second kappa shape index (κ2) is 7.05. The molecule has 0 amide bonds. The lowest BCUT2D eigenvalue weighted by atomic mass is 9.99. The number of benzene rings is 1. The average molecular weight is 301 g/mol. The molecule has 5 heteroatoms. The summed E-state index contributed by atoms with van der Waals surface area (Å²) in [5.41, 5.74) is 4.97. The van der Waals surface area contributed by atoms with E-state index in [0.29, 0.717) is 13.2 Å². The van der Waals surface area contributed by atoms with Gasteiger partial charge in [0.05, 0.1) is 19.5 Å². The monoisotopic (exact) mass is 301 g/mol. The van der Waals surface area contributed by atoms with Gasteiger partial charge in [0.15, 0.2) is 6.29 Å². The predicted molar refractivity (Wildman–Crippen MR) is 84.5 cm³/mol. The van der Waals surface area contributed by atoms with Crippen LogP contribution in [0.4, 0.5) is 0 Å². The molecule has 0 radical (unpaired) electrons. The number of rotatable bonds is 6. The Morgan fingerprint density at radius 2 is 2.05 bits per heavy atom. The van der Waals surface area contributed by atoms with Crippen LogP contribution < -0.4 is 5.32 Å². The molecule has 0 aliphatic carbocycles. The number of nitrogens with zero attached hydrogens (tertiary/aromatic N) is 2. The van der Waals surface area contributed by atoms with Crippen LogP contribution in [0.25, 0.3) is 0 Å². The molecule has 0 atom stereocenters. The summed E-state index contributed by atoms with van der Waals surface area (Å²) in [4.78, 5) is 4.04. The fourth-order valence-corrected chi connectivity index (χ4v) is 2.73. The predicted octanol–water partition coefficient (Wildman–Crippen LogP) is 2.34. The van der Waals surface area contributed by atoms with Gasteiger partial charge < -0.3 is 19.4 Å². The third kappa shape index (κ3) is 3.55. The molecule has 1 aromatic heterocycles. The molecular weight excluding hydrogens is 278 g/mol. The molecule has 5 nitrogen and oxygen atoms in total. The van der Waals surface area contributed by atoms with Crippen LogP contribution in [0.1, 0.15) is 28.5 Å². The highest BCUT2D eigenvalue weighted by Crippen LogP contribution is 2.28. The Bertz CT molecular complexity index is 605. The van der Waals surface area contributed by atoms with Crippen LogP contribution in [0.15, 0.2) is 30.9 Å². The summed E-state index contributed by atoms with van der Waals surface area (Å²) in [5.74, 6) is 0. The maximum atomic E-state index is 5.61. The van der Waals surface area contributed by atoms with E-state index in [1.54, 1.807) is 6.20 Å². The molecule has 0 bridgehead atoms. The van der Waals surface area contributed by atoms with Gasteiger partial charge in [0.2, 0.25) is 0 Å². The minimum atomic E-state index is -0.193.